The number of carbonyl (C=O) groups is 1. The monoisotopic (exact) mass is 402 g/mol. The molecule has 0 atom stereocenters. The van der Waals surface area contributed by atoms with Crippen molar-refractivity contribution >= 4 is 33.3 Å². The lowest BCUT2D eigenvalue weighted by molar-refractivity contribution is 0.102. The van der Waals surface area contributed by atoms with Crippen LogP contribution in [-0.4, -0.2) is 55.7 Å². The van der Waals surface area contributed by atoms with Crippen molar-refractivity contribution in [3.05, 3.63) is 28.4 Å². The Labute approximate surface area is 166 Å². The molecule has 0 radical (unpaired) electrons. The van der Waals surface area contributed by atoms with E-state index in [1.165, 1.54) is 16.2 Å². The highest BCUT2D eigenvalue weighted by Gasteiger charge is 2.22. The number of ether oxygens (including phenoxy) is 3. The van der Waals surface area contributed by atoms with Crippen LogP contribution in [0, 0.1) is 0 Å². The molecule has 148 valence electrons. The van der Waals surface area contributed by atoms with Gasteiger partial charge in [-0.15, -0.1) is 11.3 Å². The van der Waals surface area contributed by atoms with Gasteiger partial charge in [0.15, 0.2) is 16.6 Å². The van der Waals surface area contributed by atoms with Crippen molar-refractivity contribution in [2.24, 2.45) is 0 Å². The van der Waals surface area contributed by atoms with Gasteiger partial charge in [0.2, 0.25) is 0 Å². The average Bonchev–Trinajstić information content (AvgIpc) is 3.30. The van der Waals surface area contributed by atoms with Crippen LogP contribution in [0.15, 0.2) is 12.1 Å². The molecule has 1 aliphatic heterocycles. The van der Waals surface area contributed by atoms with Gasteiger partial charge in [-0.25, -0.2) is 4.98 Å². The molecule has 2 N–H and O–H groups in total. The lowest BCUT2D eigenvalue weighted by atomic mass is 10.2. The number of likely N-dealkylation sites (N-methyl/N-ethyl adjacent to an activating group) is 1. The van der Waals surface area contributed by atoms with Gasteiger partial charge in [0.1, 0.15) is 11.4 Å². The number of amides is 1. The summed E-state index contributed by atoms with van der Waals surface area (Å²) in [4.78, 5) is 24.0. The number of hydrogen-bond acceptors (Lipinski definition) is 7. The van der Waals surface area contributed by atoms with E-state index in [0.29, 0.717) is 33.6 Å². The zero-order valence-electron chi connectivity index (χ0n) is 16.2. The fraction of sp³-hybridized carbons (Fsp3) is 0.368. The van der Waals surface area contributed by atoms with E-state index >= 15 is 0 Å². The molecular weight excluding hydrogens is 380 g/mol. The number of thiazole rings is 1. The van der Waals surface area contributed by atoms with Crippen LogP contribution in [0.2, 0.25) is 0 Å². The molecular formula is C19H22N4O4S. The highest BCUT2D eigenvalue weighted by Crippen LogP contribution is 2.41. The minimum absolute atomic E-state index is 0.265. The first-order valence-electron chi connectivity index (χ1n) is 8.84. The van der Waals surface area contributed by atoms with Crippen molar-refractivity contribution in [3.63, 3.8) is 0 Å². The summed E-state index contributed by atoms with van der Waals surface area (Å²) in [6, 6.07) is 3.48. The van der Waals surface area contributed by atoms with Crippen LogP contribution < -0.4 is 19.5 Å². The topological polar surface area (TPSA) is 88.7 Å². The van der Waals surface area contributed by atoms with Crippen LogP contribution in [-0.2, 0) is 13.0 Å². The molecule has 3 aromatic rings. The molecule has 4 rings (SSSR count). The molecule has 8 nitrogen and oxygen atoms in total. The van der Waals surface area contributed by atoms with E-state index < -0.39 is 0 Å². The Hall–Kier alpha value is -2.78. The van der Waals surface area contributed by atoms with Crippen molar-refractivity contribution in [2.45, 2.75) is 13.0 Å². The van der Waals surface area contributed by atoms with Gasteiger partial charge >= 0.3 is 0 Å². The fourth-order valence-corrected chi connectivity index (χ4v) is 4.48. The number of methoxy groups -OCH3 is 3. The maximum atomic E-state index is 12.8. The van der Waals surface area contributed by atoms with E-state index in [4.69, 9.17) is 14.2 Å². The second-order valence-electron chi connectivity index (χ2n) is 6.62. The van der Waals surface area contributed by atoms with Gasteiger partial charge in [0.05, 0.1) is 32.5 Å². The SMILES string of the molecule is COc1cc(OC)c2cc(C(=O)Nc3nc4c(s3)CN(C)CC4)[nH]c2c1OC. The number of aromatic nitrogens is 2. The highest BCUT2D eigenvalue weighted by molar-refractivity contribution is 7.15. The lowest BCUT2D eigenvalue weighted by Gasteiger charge is -2.20. The molecule has 3 heterocycles. The van der Waals surface area contributed by atoms with Crippen molar-refractivity contribution in [1.29, 1.82) is 0 Å². The molecule has 1 aliphatic rings. The standard InChI is InChI=1S/C19H22N4O4S/c1-23-6-5-11-15(9-23)28-19(21-11)22-18(24)12-7-10-13(25-2)8-14(26-3)17(27-4)16(10)20-12/h7-8,20H,5-6,9H2,1-4H3,(H,21,22,24). The Morgan fingerprint density at radius 3 is 2.71 bits per heavy atom. The minimum Gasteiger partial charge on any atom is -0.496 e. The van der Waals surface area contributed by atoms with Gasteiger partial charge in [-0.1, -0.05) is 0 Å². The molecule has 0 saturated carbocycles. The number of anilines is 1. The van der Waals surface area contributed by atoms with Crippen LogP contribution in [0.4, 0.5) is 5.13 Å². The third-order valence-electron chi connectivity index (χ3n) is 4.83. The zero-order chi connectivity index (χ0) is 19.8. The van der Waals surface area contributed by atoms with E-state index in [1.54, 1.807) is 33.5 Å². The molecule has 1 aromatic carbocycles. The highest BCUT2D eigenvalue weighted by atomic mass is 32.1. The summed E-state index contributed by atoms with van der Waals surface area (Å²) in [5.41, 5.74) is 2.11. The second-order valence-corrected chi connectivity index (χ2v) is 7.70. The zero-order valence-corrected chi connectivity index (χ0v) is 17.0. The molecule has 0 saturated heterocycles. The molecule has 9 heteroatoms. The molecule has 2 aromatic heterocycles. The Morgan fingerprint density at radius 2 is 2.00 bits per heavy atom. The number of hydrogen-bond donors (Lipinski definition) is 2. The van der Waals surface area contributed by atoms with Gasteiger partial charge in [-0.3, -0.25) is 10.1 Å². The van der Waals surface area contributed by atoms with E-state index in [0.717, 1.165) is 30.6 Å². The lowest BCUT2D eigenvalue weighted by Crippen LogP contribution is -2.25. The number of fused-ring (bicyclic) bond motifs is 2. The van der Waals surface area contributed by atoms with Gasteiger partial charge in [-0.2, -0.15) is 0 Å². The van der Waals surface area contributed by atoms with Gasteiger partial charge in [-0.05, 0) is 13.1 Å². The molecule has 0 aliphatic carbocycles. The van der Waals surface area contributed by atoms with E-state index in [2.05, 4.69) is 27.2 Å². The van der Waals surface area contributed by atoms with Gasteiger partial charge in [0, 0.05) is 35.8 Å². The number of carbonyl (C=O) groups excluding carboxylic acids is 1. The van der Waals surface area contributed by atoms with Crippen LogP contribution in [0.3, 0.4) is 0 Å². The van der Waals surface area contributed by atoms with Crippen molar-refractivity contribution in [2.75, 3.05) is 40.2 Å². The fourth-order valence-electron chi connectivity index (χ4n) is 3.40. The Bertz CT molecular complexity index is 1040. The first kappa shape index (κ1) is 18.6. The summed E-state index contributed by atoms with van der Waals surface area (Å²) in [6.45, 7) is 1.84. The van der Waals surface area contributed by atoms with Crippen molar-refractivity contribution in [3.8, 4) is 17.2 Å². The summed E-state index contributed by atoms with van der Waals surface area (Å²) in [6.07, 6.45) is 0.902. The predicted octanol–water partition coefficient (Wildman–Crippen LogP) is 2.89. The molecule has 0 spiro atoms. The van der Waals surface area contributed by atoms with Crippen LogP contribution >= 0.6 is 11.3 Å². The van der Waals surface area contributed by atoms with Crippen LogP contribution in [0.1, 0.15) is 21.1 Å². The summed E-state index contributed by atoms with van der Waals surface area (Å²) in [5.74, 6) is 1.37. The number of benzene rings is 1. The third-order valence-corrected chi connectivity index (χ3v) is 5.83. The number of nitrogens with zero attached hydrogens (tertiary/aromatic N) is 2. The van der Waals surface area contributed by atoms with Crippen LogP contribution in [0.25, 0.3) is 10.9 Å². The number of nitrogens with one attached hydrogen (secondary N) is 2. The van der Waals surface area contributed by atoms with E-state index in [9.17, 15) is 4.79 Å². The maximum absolute atomic E-state index is 12.8. The Balaban J connectivity index is 1.66. The average molecular weight is 402 g/mol. The normalized spacial score (nSPS) is 14.0. The maximum Gasteiger partial charge on any atom is 0.273 e. The summed E-state index contributed by atoms with van der Waals surface area (Å²) in [7, 11) is 6.77. The molecule has 0 fully saturated rings. The molecule has 1 amide bonds. The van der Waals surface area contributed by atoms with Gasteiger partial charge in [0.25, 0.3) is 5.91 Å². The summed E-state index contributed by atoms with van der Waals surface area (Å²) in [5, 5.41) is 4.25. The number of rotatable bonds is 5. The first-order chi connectivity index (χ1) is 13.5. The van der Waals surface area contributed by atoms with Crippen LogP contribution in [0.5, 0.6) is 17.2 Å². The minimum atomic E-state index is -0.265. The Kier molecular flexibility index (Phi) is 4.86. The first-order valence-corrected chi connectivity index (χ1v) is 9.65. The number of H-pyrrole nitrogens is 1. The largest absolute Gasteiger partial charge is 0.496 e. The van der Waals surface area contributed by atoms with Crippen molar-refractivity contribution < 1.29 is 19.0 Å². The van der Waals surface area contributed by atoms with E-state index in [-0.39, 0.29) is 5.91 Å². The summed E-state index contributed by atoms with van der Waals surface area (Å²) >= 11 is 1.52. The Morgan fingerprint density at radius 1 is 1.21 bits per heavy atom. The molecule has 0 bridgehead atoms. The smallest absolute Gasteiger partial charge is 0.273 e. The third kappa shape index (κ3) is 3.16. The van der Waals surface area contributed by atoms with E-state index in [1.807, 2.05) is 0 Å². The molecule has 0 unspecified atom stereocenters. The quantitative estimate of drug-likeness (QED) is 0.682. The predicted molar refractivity (Wildman–Crippen MR) is 108 cm³/mol. The molecule has 28 heavy (non-hydrogen) atoms. The van der Waals surface area contributed by atoms with Crippen molar-refractivity contribution in [1.82, 2.24) is 14.9 Å². The summed E-state index contributed by atoms with van der Waals surface area (Å²) < 4.78 is 16.3. The van der Waals surface area contributed by atoms with Gasteiger partial charge < -0.3 is 24.1 Å². The second kappa shape index (κ2) is 7.33. The number of aromatic amines is 1.